The molecule has 1 amide bonds. The molecule has 1 aliphatic rings. The molecular weight excluding hydrogens is 430 g/mol. The fourth-order valence-corrected chi connectivity index (χ4v) is 4.10. The van der Waals surface area contributed by atoms with E-state index in [1.807, 2.05) is 0 Å². The highest BCUT2D eigenvalue weighted by molar-refractivity contribution is 7.99. The number of ether oxygens (including phenoxy) is 4. The fourth-order valence-electron chi connectivity index (χ4n) is 2.68. The average molecular weight is 456 g/mol. The zero-order chi connectivity index (χ0) is 22.1. The molecule has 0 radical (unpaired) electrons. The first-order valence-corrected chi connectivity index (χ1v) is 10.4. The number of alkyl halides is 1. The lowest BCUT2D eigenvalue weighted by Crippen LogP contribution is -2.65. The summed E-state index contributed by atoms with van der Waals surface area (Å²) in [6.45, 7) is 4.54. The Bertz CT molecular complexity index is 605. The molecule has 0 aromatic carbocycles. The van der Waals surface area contributed by atoms with Crippen LogP contribution in [0.4, 0.5) is 0 Å². The maximum Gasteiger partial charge on any atom is 0.303 e. The third-order valence-electron chi connectivity index (χ3n) is 3.70. The third kappa shape index (κ3) is 8.77. The monoisotopic (exact) mass is 455 g/mol. The van der Waals surface area contributed by atoms with Crippen molar-refractivity contribution in [3.8, 4) is 0 Å². The molecule has 0 unspecified atom stereocenters. The van der Waals surface area contributed by atoms with E-state index in [1.165, 1.54) is 27.7 Å². The van der Waals surface area contributed by atoms with E-state index in [0.717, 1.165) is 11.8 Å². The number of carbonyl (C=O) groups excluding carboxylic acids is 4. The molecule has 166 valence electrons. The summed E-state index contributed by atoms with van der Waals surface area (Å²) in [5.74, 6) is -2.20. The molecule has 0 spiro atoms. The highest BCUT2D eigenvalue weighted by Gasteiger charge is 2.50. The third-order valence-corrected chi connectivity index (χ3v) is 5.37. The van der Waals surface area contributed by atoms with E-state index in [1.54, 1.807) is 0 Å². The maximum absolute atomic E-state index is 11.7. The Morgan fingerprint density at radius 2 is 1.66 bits per heavy atom. The molecule has 0 aliphatic carbocycles. The van der Waals surface area contributed by atoms with Crippen molar-refractivity contribution in [2.45, 2.75) is 63.6 Å². The van der Waals surface area contributed by atoms with E-state index in [9.17, 15) is 24.3 Å². The first-order chi connectivity index (χ1) is 13.5. The second-order valence-corrected chi connectivity index (χ2v) is 7.80. The van der Waals surface area contributed by atoms with Gasteiger partial charge in [-0.05, 0) is 0 Å². The summed E-state index contributed by atoms with van der Waals surface area (Å²) in [7, 11) is 0. The zero-order valence-corrected chi connectivity index (χ0v) is 18.2. The molecule has 29 heavy (non-hydrogen) atoms. The molecule has 6 atom stereocenters. The maximum atomic E-state index is 11.7. The van der Waals surface area contributed by atoms with E-state index < -0.39 is 59.7 Å². The van der Waals surface area contributed by atoms with Crippen LogP contribution in [0.15, 0.2) is 0 Å². The van der Waals surface area contributed by atoms with Gasteiger partial charge in [0, 0.05) is 39.3 Å². The number of halogens is 1. The highest BCUT2D eigenvalue weighted by atomic mass is 35.5. The molecule has 10 nitrogen and oxygen atoms in total. The molecule has 0 aromatic rings. The van der Waals surface area contributed by atoms with Gasteiger partial charge in [-0.2, -0.15) is 0 Å². The lowest BCUT2D eigenvalue weighted by molar-refractivity contribution is -0.211. The van der Waals surface area contributed by atoms with Crippen molar-refractivity contribution in [2.24, 2.45) is 0 Å². The van der Waals surface area contributed by atoms with Crippen molar-refractivity contribution in [1.29, 1.82) is 0 Å². The number of esters is 3. The van der Waals surface area contributed by atoms with Gasteiger partial charge in [0.2, 0.25) is 5.91 Å². The number of thioether (sulfide) groups is 1. The molecule has 0 aromatic heterocycles. The van der Waals surface area contributed by atoms with Gasteiger partial charge in [-0.3, -0.25) is 19.2 Å². The van der Waals surface area contributed by atoms with Gasteiger partial charge in [-0.1, -0.05) is 0 Å². The van der Waals surface area contributed by atoms with Gasteiger partial charge in [0.05, 0.1) is 6.10 Å². The lowest BCUT2D eigenvalue weighted by atomic mass is 9.97. The average Bonchev–Trinajstić information content (AvgIpc) is 2.60. The van der Waals surface area contributed by atoms with Gasteiger partial charge in [0.25, 0.3) is 0 Å². The topological polar surface area (TPSA) is 137 Å². The van der Waals surface area contributed by atoms with Crippen molar-refractivity contribution >= 4 is 47.2 Å². The Morgan fingerprint density at radius 1 is 1.07 bits per heavy atom. The molecule has 2 N–H and O–H groups in total. The normalized spacial score (nSPS) is 27.4. The first kappa shape index (κ1) is 25.5. The molecule has 1 heterocycles. The largest absolute Gasteiger partial charge is 0.463 e. The molecule has 1 fully saturated rings. The number of rotatable bonds is 9. The van der Waals surface area contributed by atoms with Crippen LogP contribution in [0.3, 0.4) is 0 Å². The Morgan fingerprint density at radius 3 is 2.14 bits per heavy atom. The van der Waals surface area contributed by atoms with Gasteiger partial charge >= 0.3 is 17.9 Å². The van der Waals surface area contributed by atoms with Crippen LogP contribution in [0.25, 0.3) is 0 Å². The van der Waals surface area contributed by atoms with E-state index in [0.29, 0.717) is 0 Å². The predicted molar refractivity (Wildman–Crippen MR) is 103 cm³/mol. The summed E-state index contributed by atoms with van der Waals surface area (Å²) in [6, 6.07) is -0.901. The van der Waals surface area contributed by atoms with E-state index in [2.05, 4.69) is 5.32 Å². The Kier molecular flexibility index (Phi) is 10.7. The lowest BCUT2D eigenvalue weighted by Gasteiger charge is -2.45. The Balaban J connectivity index is 3.24. The van der Waals surface area contributed by atoms with E-state index >= 15 is 0 Å². The van der Waals surface area contributed by atoms with Crippen molar-refractivity contribution in [3.05, 3.63) is 0 Å². The fraction of sp³-hybridized carbons (Fsp3) is 0.765. The van der Waals surface area contributed by atoms with Crippen LogP contribution in [0.2, 0.25) is 0 Å². The quantitative estimate of drug-likeness (QED) is 0.277. The van der Waals surface area contributed by atoms with E-state index in [-0.39, 0.29) is 18.2 Å². The minimum Gasteiger partial charge on any atom is -0.463 e. The van der Waals surface area contributed by atoms with Gasteiger partial charge in [0.15, 0.2) is 12.2 Å². The van der Waals surface area contributed by atoms with Crippen molar-refractivity contribution in [3.63, 3.8) is 0 Å². The Labute approximate surface area is 177 Å². The van der Waals surface area contributed by atoms with Gasteiger partial charge in [-0.15, -0.1) is 23.4 Å². The number of amides is 1. The van der Waals surface area contributed by atoms with Gasteiger partial charge in [0.1, 0.15) is 24.2 Å². The minimum atomic E-state index is -1.14. The van der Waals surface area contributed by atoms with Gasteiger partial charge in [-0.25, -0.2) is 0 Å². The van der Waals surface area contributed by atoms with E-state index in [4.69, 9.17) is 30.5 Å². The van der Waals surface area contributed by atoms with Crippen LogP contribution in [0, 0.1) is 0 Å². The molecule has 0 bridgehead atoms. The number of carbonyl (C=O) groups is 4. The van der Waals surface area contributed by atoms with Gasteiger partial charge < -0.3 is 29.4 Å². The summed E-state index contributed by atoms with van der Waals surface area (Å²) in [4.78, 5) is 46.3. The second kappa shape index (κ2) is 12.2. The molecular formula is C17H26ClNO9S. The second-order valence-electron chi connectivity index (χ2n) is 6.36. The number of aliphatic hydroxyl groups excluding tert-OH is 1. The smallest absolute Gasteiger partial charge is 0.303 e. The molecule has 1 aliphatic heterocycles. The number of nitrogens with one attached hydrogen (secondary N) is 1. The van der Waals surface area contributed by atoms with Crippen LogP contribution < -0.4 is 5.32 Å². The Hall–Kier alpha value is -1.56. The standard InChI is InChI=1S/C17H26ClNO9S/c1-8(20)19-14-16(27-11(4)23)15(26-10(3)22)13(6-25-9(2)21)28-17(14)29-7-12(24)5-18/h12-17,24H,5-7H2,1-4H3,(H,19,20)/t12-,13+,14+,15-,16-,17-/m1/s1. The van der Waals surface area contributed by atoms with Crippen LogP contribution in [-0.4, -0.2) is 83.1 Å². The summed E-state index contributed by atoms with van der Waals surface area (Å²) in [6.07, 6.45) is -4.06. The zero-order valence-electron chi connectivity index (χ0n) is 16.6. The summed E-state index contributed by atoms with van der Waals surface area (Å²) >= 11 is 6.75. The number of hydrogen-bond donors (Lipinski definition) is 2. The van der Waals surface area contributed by atoms with Crippen LogP contribution in [0.1, 0.15) is 27.7 Å². The number of hydrogen-bond acceptors (Lipinski definition) is 10. The van der Waals surface area contributed by atoms with Crippen LogP contribution in [0.5, 0.6) is 0 Å². The summed E-state index contributed by atoms with van der Waals surface area (Å²) in [5, 5.41) is 12.4. The van der Waals surface area contributed by atoms with Crippen molar-refractivity contribution in [1.82, 2.24) is 5.32 Å². The van der Waals surface area contributed by atoms with Crippen LogP contribution >= 0.6 is 23.4 Å². The molecule has 0 saturated carbocycles. The summed E-state index contributed by atoms with van der Waals surface area (Å²) < 4.78 is 21.6. The van der Waals surface area contributed by atoms with Crippen LogP contribution in [-0.2, 0) is 38.1 Å². The predicted octanol–water partition coefficient (Wildman–Crippen LogP) is -0.0246. The number of aliphatic hydroxyl groups is 1. The minimum absolute atomic E-state index is 0.00908. The van der Waals surface area contributed by atoms with Crippen molar-refractivity contribution in [2.75, 3.05) is 18.2 Å². The first-order valence-electron chi connectivity index (χ1n) is 8.81. The highest BCUT2D eigenvalue weighted by Crippen LogP contribution is 2.33. The molecule has 1 saturated heterocycles. The molecule has 1 rings (SSSR count). The van der Waals surface area contributed by atoms with Crippen molar-refractivity contribution < 1.29 is 43.2 Å². The summed E-state index contributed by atoms with van der Waals surface area (Å²) in [5.41, 5.74) is -0.812. The SMILES string of the molecule is CC(=O)N[C@H]1[C@@H](OC(C)=O)[C@H](OC(C)=O)[C@H](COC(C)=O)O[C@@H]1SC[C@H](O)CCl. The molecule has 12 heteroatoms.